The first-order valence-electron chi connectivity index (χ1n) is 5.94. The minimum Gasteiger partial charge on any atom is -0.403 e. The average Bonchev–Trinajstić information content (AvgIpc) is 2.58. The van der Waals surface area contributed by atoms with Crippen molar-refractivity contribution in [2.75, 3.05) is 13.1 Å². The molecule has 0 radical (unpaired) electrons. The molecule has 3 nitrogen and oxygen atoms in total. The Morgan fingerprint density at radius 1 is 1.13 bits per heavy atom. The Labute approximate surface area is 92.0 Å². The van der Waals surface area contributed by atoms with Gasteiger partial charge < -0.3 is 14.6 Å². The molecule has 84 valence electrons. The number of rotatable bonds is 1. The fraction of sp³-hybridized carbons (Fsp3) is 1.00. The average molecular weight is 209 g/mol. The first kappa shape index (κ1) is 10.1. The number of nitrogens with one attached hydrogen (secondary N) is 1. The normalized spacial score (nSPS) is 45.6. The van der Waals surface area contributed by atoms with Crippen molar-refractivity contribution in [2.24, 2.45) is 5.92 Å². The third kappa shape index (κ3) is 1.19. The molecule has 0 bridgehead atoms. The van der Waals surface area contributed by atoms with Crippen molar-refractivity contribution >= 4 is 7.12 Å². The van der Waals surface area contributed by atoms with Gasteiger partial charge >= 0.3 is 7.12 Å². The van der Waals surface area contributed by atoms with Gasteiger partial charge in [-0.05, 0) is 53.1 Å². The van der Waals surface area contributed by atoms with Gasteiger partial charge in [0.2, 0.25) is 0 Å². The van der Waals surface area contributed by atoms with Crippen LogP contribution in [0, 0.1) is 5.92 Å². The highest BCUT2D eigenvalue weighted by Gasteiger charge is 2.70. The van der Waals surface area contributed by atoms with Crippen LogP contribution in [-0.2, 0) is 9.31 Å². The number of fused-ring (bicyclic) bond motifs is 1. The van der Waals surface area contributed by atoms with Gasteiger partial charge in [-0.2, -0.15) is 0 Å². The molecule has 3 fully saturated rings. The van der Waals surface area contributed by atoms with Crippen LogP contribution in [0.2, 0.25) is 5.31 Å². The van der Waals surface area contributed by atoms with Crippen molar-refractivity contribution in [3.8, 4) is 0 Å². The molecule has 0 unspecified atom stereocenters. The zero-order valence-electron chi connectivity index (χ0n) is 10.1. The zero-order chi connectivity index (χ0) is 10.9. The van der Waals surface area contributed by atoms with Crippen molar-refractivity contribution in [3.05, 3.63) is 0 Å². The summed E-state index contributed by atoms with van der Waals surface area (Å²) in [6.07, 6.45) is 1.27. The minimum absolute atomic E-state index is 0.00231. The van der Waals surface area contributed by atoms with Crippen molar-refractivity contribution in [1.82, 2.24) is 5.32 Å². The summed E-state index contributed by atoms with van der Waals surface area (Å²) in [5, 5.41) is 3.73. The number of piperidine rings is 1. The van der Waals surface area contributed by atoms with Crippen LogP contribution in [-0.4, -0.2) is 31.4 Å². The zero-order valence-corrected chi connectivity index (χ0v) is 10.1. The quantitative estimate of drug-likeness (QED) is 0.663. The van der Waals surface area contributed by atoms with E-state index in [-0.39, 0.29) is 18.3 Å². The third-order valence-electron chi connectivity index (χ3n) is 4.85. The van der Waals surface area contributed by atoms with E-state index in [0.29, 0.717) is 5.31 Å². The molecule has 1 saturated carbocycles. The molecule has 15 heavy (non-hydrogen) atoms. The van der Waals surface area contributed by atoms with Crippen LogP contribution in [0.5, 0.6) is 0 Å². The van der Waals surface area contributed by atoms with E-state index in [1.54, 1.807) is 0 Å². The van der Waals surface area contributed by atoms with Crippen LogP contribution < -0.4 is 5.32 Å². The van der Waals surface area contributed by atoms with E-state index in [2.05, 4.69) is 33.0 Å². The molecule has 2 aliphatic heterocycles. The van der Waals surface area contributed by atoms with Crippen LogP contribution >= 0.6 is 0 Å². The number of hydrogen-bond acceptors (Lipinski definition) is 3. The Morgan fingerprint density at radius 2 is 1.73 bits per heavy atom. The molecule has 2 atom stereocenters. The standard InChI is InChI=1S/C11H20BNO2/c1-9(2)10(3,4)15-12(14-9)11-5-8(11)6-13-7-11/h8,13H,5-7H2,1-4H3/t8-,11-/m1/s1. The minimum atomic E-state index is -0.178. The molecule has 4 heteroatoms. The largest absolute Gasteiger partial charge is 0.466 e. The molecule has 0 aromatic heterocycles. The van der Waals surface area contributed by atoms with E-state index < -0.39 is 0 Å². The summed E-state index contributed by atoms with van der Waals surface area (Å²) in [7, 11) is 0.00231. The van der Waals surface area contributed by atoms with Gasteiger partial charge in [0.25, 0.3) is 0 Å². The van der Waals surface area contributed by atoms with E-state index in [1.165, 1.54) is 6.42 Å². The fourth-order valence-corrected chi connectivity index (χ4v) is 2.82. The predicted octanol–water partition coefficient (Wildman–Crippen LogP) is 1.44. The van der Waals surface area contributed by atoms with Crippen molar-refractivity contribution < 1.29 is 9.31 Å². The molecular weight excluding hydrogens is 189 g/mol. The maximum Gasteiger partial charge on any atom is 0.466 e. The van der Waals surface area contributed by atoms with Crippen molar-refractivity contribution in [2.45, 2.75) is 50.6 Å². The lowest BCUT2D eigenvalue weighted by atomic mass is 9.67. The lowest BCUT2D eigenvalue weighted by Gasteiger charge is -2.32. The highest BCUT2D eigenvalue weighted by atomic mass is 16.7. The highest BCUT2D eigenvalue weighted by molar-refractivity contribution is 6.51. The second-order valence-electron chi connectivity index (χ2n) is 6.35. The molecule has 0 aromatic carbocycles. The number of hydrogen-bond donors (Lipinski definition) is 1. The topological polar surface area (TPSA) is 30.5 Å². The Morgan fingerprint density at radius 3 is 2.13 bits per heavy atom. The molecule has 2 heterocycles. The molecular formula is C11H20BNO2. The summed E-state index contributed by atoms with van der Waals surface area (Å²) in [6, 6.07) is 0. The smallest absolute Gasteiger partial charge is 0.403 e. The van der Waals surface area contributed by atoms with Gasteiger partial charge in [0.1, 0.15) is 0 Å². The maximum absolute atomic E-state index is 6.13. The van der Waals surface area contributed by atoms with E-state index in [0.717, 1.165) is 19.0 Å². The van der Waals surface area contributed by atoms with Crippen LogP contribution in [0.15, 0.2) is 0 Å². The van der Waals surface area contributed by atoms with E-state index in [4.69, 9.17) is 9.31 Å². The lowest BCUT2D eigenvalue weighted by molar-refractivity contribution is 0.00578. The van der Waals surface area contributed by atoms with Gasteiger partial charge in [0, 0.05) is 5.31 Å². The third-order valence-corrected chi connectivity index (χ3v) is 4.85. The molecule has 0 spiro atoms. The SMILES string of the molecule is CC1(C)OB([C@]23CNC[C@H]2C3)OC1(C)C. The maximum atomic E-state index is 6.13. The molecule has 3 aliphatic rings. The molecule has 1 N–H and O–H groups in total. The monoisotopic (exact) mass is 209 g/mol. The second-order valence-corrected chi connectivity index (χ2v) is 6.35. The van der Waals surface area contributed by atoms with Crippen molar-refractivity contribution in [3.63, 3.8) is 0 Å². The summed E-state index contributed by atoms with van der Waals surface area (Å²) in [5.74, 6) is 0.784. The predicted molar refractivity (Wildman–Crippen MR) is 59.8 cm³/mol. The first-order chi connectivity index (χ1) is 6.87. The van der Waals surface area contributed by atoms with Gasteiger partial charge in [-0.3, -0.25) is 0 Å². The second kappa shape index (κ2) is 2.61. The van der Waals surface area contributed by atoms with Gasteiger partial charge in [-0.25, -0.2) is 0 Å². The van der Waals surface area contributed by atoms with Crippen molar-refractivity contribution in [1.29, 1.82) is 0 Å². The summed E-state index contributed by atoms with van der Waals surface area (Å²) in [4.78, 5) is 0. The van der Waals surface area contributed by atoms with E-state index in [1.807, 2.05) is 0 Å². The first-order valence-corrected chi connectivity index (χ1v) is 5.94. The molecule has 0 amide bonds. The van der Waals surface area contributed by atoms with Gasteiger partial charge in [0.05, 0.1) is 11.2 Å². The van der Waals surface area contributed by atoms with Gasteiger partial charge in [-0.15, -0.1) is 0 Å². The summed E-state index contributed by atoms with van der Waals surface area (Å²) in [6.45, 7) is 10.7. The fourth-order valence-electron chi connectivity index (χ4n) is 2.82. The van der Waals surface area contributed by atoms with Crippen LogP contribution in [0.1, 0.15) is 34.1 Å². The lowest BCUT2D eigenvalue weighted by Crippen LogP contribution is -2.41. The summed E-state index contributed by atoms with van der Waals surface area (Å²) in [5.41, 5.74) is -0.357. The molecule has 0 aromatic rings. The van der Waals surface area contributed by atoms with Crippen LogP contribution in [0.25, 0.3) is 0 Å². The Hall–Kier alpha value is -0.0551. The van der Waals surface area contributed by atoms with E-state index >= 15 is 0 Å². The Bertz CT molecular complexity index is 289. The molecule has 1 aliphatic carbocycles. The highest BCUT2D eigenvalue weighted by Crippen LogP contribution is 2.66. The van der Waals surface area contributed by atoms with E-state index in [9.17, 15) is 0 Å². The van der Waals surface area contributed by atoms with Gasteiger partial charge in [0.15, 0.2) is 0 Å². The summed E-state index contributed by atoms with van der Waals surface area (Å²) >= 11 is 0. The van der Waals surface area contributed by atoms with Crippen LogP contribution in [0.3, 0.4) is 0 Å². The molecule has 2 saturated heterocycles. The summed E-state index contributed by atoms with van der Waals surface area (Å²) < 4.78 is 12.3. The Kier molecular flexibility index (Phi) is 1.76. The van der Waals surface area contributed by atoms with Crippen LogP contribution in [0.4, 0.5) is 0 Å². The van der Waals surface area contributed by atoms with Gasteiger partial charge in [-0.1, -0.05) is 0 Å². The Balaban J connectivity index is 1.82. The molecule has 3 rings (SSSR count).